The summed E-state index contributed by atoms with van der Waals surface area (Å²) in [4.78, 5) is 22.2. The first-order valence-corrected chi connectivity index (χ1v) is 6.76. The Bertz CT molecular complexity index is 719. The predicted octanol–water partition coefficient (Wildman–Crippen LogP) is 4.13. The number of hydrogen-bond acceptors (Lipinski definition) is 3. The van der Waals surface area contributed by atoms with E-state index in [1.807, 2.05) is 0 Å². The van der Waals surface area contributed by atoms with Gasteiger partial charge in [0.1, 0.15) is 5.82 Å². The first-order chi connectivity index (χ1) is 10.4. The molecule has 2 rings (SSSR count). The maximum atomic E-state index is 13.1. The van der Waals surface area contributed by atoms with E-state index in [9.17, 15) is 19.3 Å². The average molecular weight is 323 g/mol. The van der Waals surface area contributed by atoms with E-state index in [4.69, 9.17) is 11.6 Å². The summed E-state index contributed by atoms with van der Waals surface area (Å²) in [5.41, 5.74) is 0.975. The van der Waals surface area contributed by atoms with Gasteiger partial charge in [0.05, 0.1) is 15.9 Å². The number of non-ortho nitro benzene ring substituents is 1. The topological polar surface area (TPSA) is 72.2 Å². The number of benzene rings is 2. The molecule has 1 N–H and O–H groups in total. The number of nitro groups is 1. The third kappa shape index (κ3) is 3.59. The first-order valence-electron chi connectivity index (χ1n) is 6.38. The lowest BCUT2D eigenvalue weighted by Crippen LogP contribution is -2.18. The number of nitro benzene ring substituents is 1. The van der Waals surface area contributed by atoms with Gasteiger partial charge in [-0.1, -0.05) is 23.7 Å². The summed E-state index contributed by atoms with van der Waals surface area (Å²) in [6.45, 7) is 1.67. The fourth-order valence-electron chi connectivity index (χ4n) is 1.86. The summed E-state index contributed by atoms with van der Waals surface area (Å²) in [5.74, 6) is -1.41. The van der Waals surface area contributed by atoms with E-state index in [0.717, 1.165) is 6.07 Å². The van der Waals surface area contributed by atoms with E-state index >= 15 is 0 Å². The molecule has 0 spiro atoms. The van der Waals surface area contributed by atoms with E-state index in [1.165, 1.54) is 36.4 Å². The van der Waals surface area contributed by atoms with E-state index in [0.29, 0.717) is 11.3 Å². The number of nitrogens with zero attached hydrogens (tertiary/aromatic N) is 1. The van der Waals surface area contributed by atoms with Gasteiger partial charge in [-0.25, -0.2) is 4.39 Å². The van der Waals surface area contributed by atoms with Gasteiger partial charge in [-0.05, 0) is 30.7 Å². The highest BCUT2D eigenvalue weighted by Gasteiger charge is 2.17. The average Bonchev–Trinajstić information content (AvgIpc) is 2.50. The number of hydrogen-bond donors (Lipinski definition) is 1. The summed E-state index contributed by atoms with van der Waals surface area (Å²) in [7, 11) is 0. The van der Waals surface area contributed by atoms with Crippen LogP contribution in [0.25, 0.3) is 0 Å². The smallest absolute Gasteiger partial charge is 0.269 e. The van der Waals surface area contributed by atoms with Crippen LogP contribution in [0, 0.1) is 15.9 Å². The maximum Gasteiger partial charge on any atom is 0.269 e. The normalized spacial score (nSPS) is 11.8. The van der Waals surface area contributed by atoms with Crippen LogP contribution in [0.15, 0.2) is 42.5 Å². The molecule has 5 nitrogen and oxygen atoms in total. The molecule has 0 aliphatic heterocycles. The molecule has 1 atom stereocenters. The SMILES string of the molecule is C[C@H](C(=O)Nc1ccc(F)c(Cl)c1)c1ccc([N+](=O)[O-])cc1. The highest BCUT2D eigenvalue weighted by molar-refractivity contribution is 6.31. The van der Waals surface area contributed by atoms with Crippen molar-refractivity contribution in [1.29, 1.82) is 0 Å². The van der Waals surface area contributed by atoms with Crippen molar-refractivity contribution in [2.45, 2.75) is 12.8 Å². The van der Waals surface area contributed by atoms with Crippen molar-refractivity contribution < 1.29 is 14.1 Å². The van der Waals surface area contributed by atoms with Gasteiger partial charge in [0, 0.05) is 17.8 Å². The van der Waals surface area contributed by atoms with Gasteiger partial charge < -0.3 is 5.32 Å². The quantitative estimate of drug-likeness (QED) is 0.679. The molecule has 7 heteroatoms. The zero-order valence-corrected chi connectivity index (χ0v) is 12.3. The van der Waals surface area contributed by atoms with Crippen LogP contribution < -0.4 is 5.32 Å². The largest absolute Gasteiger partial charge is 0.326 e. The third-order valence-electron chi connectivity index (χ3n) is 3.18. The Morgan fingerprint density at radius 2 is 1.91 bits per heavy atom. The molecule has 22 heavy (non-hydrogen) atoms. The van der Waals surface area contributed by atoms with E-state index in [1.54, 1.807) is 6.92 Å². The molecule has 1 amide bonds. The molecule has 0 heterocycles. The van der Waals surface area contributed by atoms with Crippen molar-refractivity contribution in [3.63, 3.8) is 0 Å². The van der Waals surface area contributed by atoms with Crippen LogP contribution in [0.2, 0.25) is 5.02 Å². The minimum absolute atomic E-state index is 0.0401. The number of carbonyl (C=O) groups is 1. The molecule has 0 aromatic heterocycles. The molecule has 0 bridgehead atoms. The zero-order valence-electron chi connectivity index (χ0n) is 11.5. The summed E-state index contributed by atoms with van der Waals surface area (Å²) in [6.07, 6.45) is 0. The Morgan fingerprint density at radius 3 is 2.45 bits per heavy atom. The third-order valence-corrected chi connectivity index (χ3v) is 3.47. The fraction of sp³-hybridized carbons (Fsp3) is 0.133. The van der Waals surface area contributed by atoms with Crippen LogP contribution in [-0.2, 0) is 4.79 Å². The van der Waals surface area contributed by atoms with Gasteiger partial charge in [-0.2, -0.15) is 0 Å². The number of nitrogens with one attached hydrogen (secondary N) is 1. The number of halogens is 2. The summed E-state index contributed by atoms with van der Waals surface area (Å²) >= 11 is 5.65. The second kappa shape index (κ2) is 6.53. The number of carbonyl (C=O) groups excluding carboxylic acids is 1. The lowest BCUT2D eigenvalue weighted by atomic mass is 10.00. The predicted molar refractivity (Wildman–Crippen MR) is 81.6 cm³/mol. The summed E-state index contributed by atoms with van der Waals surface area (Å²) < 4.78 is 13.1. The van der Waals surface area contributed by atoms with Gasteiger partial charge in [0.2, 0.25) is 5.91 Å². The number of amides is 1. The van der Waals surface area contributed by atoms with Crippen molar-refractivity contribution >= 4 is 28.9 Å². The molecule has 0 radical (unpaired) electrons. The molecule has 2 aromatic rings. The Labute approximate surface area is 130 Å². The van der Waals surface area contributed by atoms with Gasteiger partial charge >= 0.3 is 0 Å². The van der Waals surface area contributed by atoms with Crippen molar-refractivity contribution in [2.75, 3.05) is 5.32 Å². The lowest BCUT2D eigenvalue weighted by molar-refractivity contribution is -0.384. The van der Waals surface area contributed by atoms with E-state index < -0.39 is 16.7 Å². The monoisotopic (exact) mass is 322 g/mol. The molecule has 0 aliphatic rings. The van der Waals surface area contributed by atoms with Gasteiger partial charge in [-0.15, -0.1) is 0 Å². The molecule has 114 valence electrons. The van der Waals surface area contributed by atoms with E-state index in [-0.39, 0.29) is 16.6 Å². The molecule has 0 saturated carbocycles. The van der Waals surface area contributed by atoms with Crippen LogP contribution in [-0.4, -0.2) is 10.8 Å². The first kappa shape index (κ1) is 15.9. The van der Waals surface area contributed by atoms with Crippen molar-refractivity contribution in [3.8, 4) is 0 Å². The Morgan fingerprint density at radius 1 is 1.27 bits per heavy atom. The van der Waals surface area contributed by atoms with Crippen LogP contribution in [0.5, 0.6) is 0 Å². The Balaban J connectivity index is 2.11. The molecular weight excluding hydrogens is 311 g/mol. The Hall–Kier alpha value is -2.47. The molecular formula is C15H12ClFN2O3. The number of anilines is 1. The molecule has 0 unspecified atom stereocenters. The van der Waals surface area contributed by atoms with Crippen LogP contribution in [0.4, 0.5) is 15.8 Å². The molecule has 2 aromatic carbocycles. The second-order valence-corrected chi connectivity index (χ2v) is 5.10. The van der Waals surface area contributed by atoms with Crippen molar-refractivity contribution in [3.05, 3.63) is 69.0 Å². The molecule has 0 aliphatic carbocycles. The molecule has 0 saturated heterocycles. The summed E-state index contributed by atoms with van der Waals surface area (Å²) in [6, 6.07) is 9.62. The lowest BCUT2D eigenvalue weighted by Gasteiger charge is -2.12. The van der Waals surface area contributed by atoms with Crippen LogP contribution in [0.3, 0.4) is 0 Å². The van der Waals surface area contributed by atoms with Crippen LogP contribution >= 0.6 is 11.6 Å². The van der Waals surface area contributed by atoms with Crippen molar-refractivity contribution in [2.24, 2.45) is 0 Å². The van der Waals surface area contributed by atoms with Gasteiger partial charge in [-0.3, -0.25) is 14.9 Å². The van der Waals surface area contributed by atoms with E-state index in [2.05, 4.69) is 5.32 Å². The number of rotatable bonds is 4. The maximum absolute atomic E-state index is 13.1. The summed E-state index contributed by atoms with van der Waals surface area (Å²) in [5, 5.41) is 13.1. The van der Waals surface area contributed by atoms with Crippen molar-refractivity contribution in [1.82, 2.24) is 0 Å². The second-order valence-electron chi connectivity index (χ2n) is 4.69. The molecule has 0 fully saturated rings. The highest BCUT2D eigenvalue weighted by Crippen LogP contribution is 2.23. The zero-order chi connectivity index (χ0) is 16.3. The standard InChI is InChI=1S/C15H12ClFN2O3/c1-9(10-2-5-12(6-3-10)19(21)22)15(20)18-11-4-7-14(17)13(16)8-11/h2-9H,1H3,(H,18,20)/t9-/m0/s1. The fourth-order valence-corrected chi connectivity index (χ4v) is 2.04. The van der Waals surface area contributed by atoms with Gasteiger partial charge in [0.15, 0.2) is 0 Å². The Kier molecular flexibility index (Phi) is 4.72. The van der Waals surface area contributed by atoms with Crippen LogP contribution in [0.1, 0.15) is 18.4 Å². The van der Waals surface area contributed by atoms with Gasteiger partial charge in [0.25, 0.3) is 5.69 Å². The highest BCUT2D eigenvalue weighted by atomic mass is 35.5. The minimum atomic E-state index is -0.567. The minimum Gasteiger partial charge on any atom is -0.326 e.